The van der Waals surface area contributed by atoms with Crippen molar-refractivity contribution in [3.8, 4) is 0 Å². The Kier molecular flexibility index (Phi) is 5.89. The lowest BCUT2D eigenvalue weighted by molar-refractivity contribution is -0.134. The van der Waals surface area contributed by atoms with Gasteiger partial charge in [0.2, 0.25) is 11.8 Å². The number of aromatic nitrogens is 1. The normalized spacial score (nSPS) is 15.6. The average molecular weight is 304 g/mol. The molecule has 2 rings (SSSR count). The Morgan fingerprint density at radius 2 is 1.95 bits per heavy atom. The molecule has 6 heteroatoms. The van der Waals surface area contributed by atoms with E-state index in [0.29, 0.717) is 19.5 Å². The summed E-state index contributed by atoms with van der Waals surface area (Å²) in [6, 6.07) is 5.63. The Hall–Kier alpha value is -1.95. The van der Waals surface area contributed by atoms with Crippen molar-refractivity contribution in [2.75, 3.05) is 39.8 Å². The van der Waals surface area contributed by atoms with Crippen molar-refractivity contribution in [2.45, 2.75) is 19.9 Å². The van der Waals surface area contributed by atoms with Crippen LogP contribution in [0.25, 0.3) is 0 Å². The van der Waals surface area contributed by atoms with Gasteiger partial charge in [0.25, 0.3) is 0 Å². The summed E-state index contributed by atoms with van der Waals surface area (Å²) >= 11 is 0. The Bertz CT molecular complexity index is 498. The van der Waals surface area contributed by atoms with Gasteiger partial charge >= 0.3 is 0 Å². The van der Waals surface area contributed by atoms with E-state index in [0.717, 1.165) is 31.9 Å². The van der Waals surface area contributed by atoms with Crippen molar-refractivity contribution in [3.63, 3.8) is 0 Å². The first-order valence-electron chi connectivity index (χ1n) is 7.68. The van der Waals surface area contributed by atoms with Gasteiger partial charge in [-0.1, -0.05) is 6.07 Å². The van der Waals surface area contributed by atoms with Crippen LogP contribution in [0.1, 0.15) is 19.0 Å². The Labute approximate surface area is 131 Å². The standard InChI is InChI=1S/C16H24N4O2/c1-14(21)20(13-15-5-3-4-7-17-15)8-6-16(22)19-11-9-18(2)10-12-19/h3-5,7H,6,8-13H2,1-2H3. The van der Waals surface area contributed by atoms with Gasteiger partial charge in [-0.15, -0.1) is 0 Å². The highest BCUT2D eigenvalue weighted by atomic mass is 16.2. The second-order valence-corrected chi connectivity index (χ2v) is 5.70. The summed E-state index contributed by atoms with van der Waals surface area (Å²) in [7, 11) is 2.06. The van der Waals surface area contributed by atoms with Crippen LogP contribution in [0.3, 0.4) is 0 Å². The average Bonchev–Trinajstić information content (AvgIpc) is 2.52. The fourth-order valence-corrected chi connectivity index (χ4v) is 2.48. The van der Waals surface area contributed by atoms with Crippen molar-refractivity contribution in [2.24, 2.45) is 0 Å². The van der Waals surface area contributed by atoms with Crippen LogP contribution < -0.4 is 0 Å². The van der Waals surface area contributed by atoms with Gasteiger partial charge in [0.05, 0.1) is 12.2 Å². The first-order valence-corrected chi connectivity index (χ1v) is 7.68. The number of rotatable bonds is 5. The SMILES string of the molecule is CC(=O)N(CCC(=O)N1CCN(C)CC1)Cc1ccccn1. The van der Waals surface area contributed by atoms with Crippen LogP contribution in [-0.4, -0.2) is 71.3 Å². The molecular formula is C16H24N4O2. The lowest BCUT2D eigenvalue weighted by atomic mass is 10.2. The first-order chi connectivity index (χ1) is 10.6. The molecule has 0 saturated carbocycles. The molecule has 22 heavy (non-hydrogen) atoms. The van der Waals surface area contributed by atoms with Crippen molar-refractivity contribution in [1.82, 2.24) is 19.7 Å². The summed E-state index contributed by atoms with van der Waals surface area (Å²) in [6.07, 6.45) is 2.08. The molecule has 0 N–H and O–H groups in total. The number of piperazine rings is 1. The third-order valence-electron chi connectivity index (χ3n) is 3.98. The highest BCUT2D eigenvalue weighted by molar-refractivity contribution is 5.78. The minimum atomic E-state index is -0.0307. The highest BCUT2D eigenvalue weighted by Crippen LogP contribution is 2.06. The number of nitrogens with zero attached hydrogens (tertiary/aromatic N) is 4. The molecule has 1 aromatic heterocycles. The first kappa shape index (κ1) is 16.4. The smallest absolute Gasteiger partial charge is 0.224 e. The van der Waals surface area contributed by atoms with E-state index in [-0.39, 0.29) is 11.8 Å². The van der Waals surface area contributed by atoms with Gasteiger partial charge in [0.15, 0.2) is 0 Å². The van der Waals surface area contributed by atoms with Crippen molar-refractivity contribution >= 4 is 11.8 Å². The van der Waals surface area contributed by atoms with Crippen LogP contribution in [0.4, 0.5) is 0 Å². The molecule has 1 saturated heterocycles. The molecule has 0 aromatic carbocycles. The molecule has 0 radical (unpaired) electrons. The minimum Gasteiger partial charge on any atom is -0.340 e. The van der Waals surface area contributed by atoms with Crippen LogP contribution in [0.15, 0.2) is 24.4 Å². The lowest BCUT2D eigenvalue weighted by Crippen LogP contribution is -2.47. The molecule has 120 valence electrons. The molecular weight excluding hydrogens is 280 g/mol. The van der Waals surface area contributed by atoms with Crippen LogP contribution in [0.2, 0.25) is 0 Å². The summed E-state index contributed by atoms with van der Waals surface area (Å²) < 4.78 is 0. The molecule has 0 spiro atoms. The third kappa shape index (κ3) is 4.80. The molecule has 6 nitrogen and oxygen atoms in total. The van der Waals surface area contributed by atoms with Gasteiger partial charge < -0.3 is 14.7 Å². The van der Waals surface area contributed by atoms with Gasteiger partial charge in [0, 0.05) is 52.3 Å². The van der Waals surface area contributed by atoms with Gasteiger partial charge in [-0.05, 0) is 19.2 Å². The molecule has 0 unspecified atom stereocenters. The number of carbonyl (C=O) groups is 2. The molecule has 1 aliphatic rings. The summed E-state index contributed by atoms with van der Waals surface area (Å²) in [5, 5.41) is 0. The monoisotopic (exact) mass is 304 g/mol. The number of hydrogen-bond donors (Lipinski definition) is 0. The molecule has 2 heterocycles. The fourth-order valence-electron chi connectivity index (χ4n) is 2.48. The van der Waals surface area contributed by atoms with E-state index < -0.39 is 0 Å². The summed E-state index contributed by atoms with van der Waals surface area (Å²) in [5.41, 5.74) is 0.838. The zero-order valence-corrected chi connectivity index (χ0v) is 13.4. The number of carbonyl (C=O) groups excluding carboxylic acids is 2. The Morgan fingerprint density at radius 1 is 1.23 bits per heavy atom. The predicted molar refractivity (Wildman–Crippen MR) is 84.0 cm³/mol. The second-order valence-electron chi connectivity index (χ2n) is 5.70. The molecule has 1 aromatic rings. The van der Waals surface area contributed by atoms with Gasteiger partial charge in [-0.25, -0.2) is 0 Å². The van der Waals surface area contributed by atoms with E-state index in [1.54, 1.807) is 11.1 Å². The predicted octanol–water partition coefficient (Wildman–Crippen LogP) is 0.594. The van der Waals surface area contributed by atoms with Crippen molar-refractivity contribution < 1.29 is 9.59 Å². The fraction of sp³-hybridized carbons (Fsp3) is 0.562. The zero-order chi connectivity index (χ0) is 15.9. The molecule has 1 fully saturated rings. The van der Waals surface area contributed by atoms with Gasteiger partial charge in [-0.2, -0.15) is 0 Å². The van der Waals surface area contributed by atoms with Crippen molar-refractivity contribution in [3.05, 3.63) is 30.1 Å². The van der Waals surface area contributed by atoms with E-state index >= 15 is 0 Å². The Balaban J connectivity index is 1.84. The molecule has 0 aliphatic carbocycles. The topological polar surface area (TPSA) is 56.8 Å². The van der Waals surface area contributed by atoms with Crippen molar-refractivity contribution in [1.29, 1.82) is 0 Å². The van der Waals surface area contributed by atoms with Gasteiger partial charge in [0.1, 0.15) is 0 Å². The lowest BCUT2D eigenvalue weighted by Gasteiger charge is -2.33. The van der Waals surface area contributed by atoms with Crippen LogP contribution in [0, 0.1) is 0 Å². The number of hydrogen-bond acceptors (Lipinski definition) is 4. The Morgan fingerprint density at radius 3 is 2.55 bits per heavy atom. The zero-order valence-electron chi connectivity index (χ0n) is 13.4. The van der Waals surface area contributed by atoms with Gasteiger partial charge in [-0.3, -0.25) is 14.6 Å². The maximum atomic E-state index is 12.2. The number of likely N-dealkylation sites (N-methyl/N-ethyl adjacent to an activating group) is 1. The highest BCUT2D eigenvalue weighted by Gasteiger charge is 2.20. The summed E-state index contributed by atoms with van der Waals surface area (Å²) in [5.74, 6) is 0.0946. The maximum absolute atomic E-state index is 12.2. The van der Waals surface area contributed by atoms with E-state index in [1.165, 1.54) is 6.92 Å². The van der Waals surface area contributed by atoms with E-state index in [4.69, 9.17) is 0 Å². The van der Waals surface area contributed by atoms with Crippen LogP contribution >= 0.6 is 0 Å². The summed E-state index contributed by atoms with van der Waals surface area (Å²) in [6.45, 7) is 5.80. The number of amides is 2. The largest absolute Gasteiger partial charge is 0.340 e. The summed E-state index contributed by atoms with van der Waals surface area (Å²) in [4.78, 5) is 34.0. The molecule has 1 aliphatic heterocycles. The van der Waals surface area contributed by atoms with E-state index in [1.807, 2.05) is 23.1 Å². The number of pyridine rings is 1. The maximum Gasteiger partial charge on any atom is 0.224 e. The minimum absolute atomic E-state index is 0.0307. The van der Waals surface area contributed by atoms with Crippen LogP contribution in [-0.2, 0) is 16.1 Å². The third-order valence-corrected chi connectivity index (χ3v) is 3.98. The van der Waals surface area contributed by atoms with Crippen LogP contribution in [0.5, 0.6) is 0 Å². The quantitative estimate of drug-likeness (QED) is 0.799. The second kappa shape index (κ2) is 7.89. The van der Waals surface area contributed by atoms with E-state index in [2.05, 4.69) is 16.9 Å². The van der Waals surface area contributed by atoms with E-state index in [9.17, 15) is 9.59 Å². The molecule has 2 amide bonds. The molecule has 0 bridgehead atoms. The molecule has 0 atom stereocenters.